The highest BCUT2D eigenvalue weighted by atomic mass is 32.2. The Hall–Kier alpha value is -4.10. The van der Waals surface area contributed by atoms with E-state index in [0.29, 0.717) is 17.4 Å². The van der Waals surface area contributed by atoms with Crippen molar-refractivity contribution in [3.63, 3.8) is 0 Å². The third kappa shape index (κ3) is 9.94. The number of nitrogens with two attached hydrogens (primary N) is 2. The normalized spacial score (nSPS) is 16.9. The molecule has 0 aromatic heterocycles. The lowest BCUT2D eigenvalue weighted by Crippen LogP contribution is -2.55. The number of guanidine groups is 1. The summed E-state index contributed by atoms with van der Waals surface area (Å²) in [6, 6.07) is 5.77. The molecule has 1 aliphatic rings. The summed E-state index contributed by atoms with van der Waals surface area (Å²) in [6.07, 6.45) is 6.38. The van der Waals surface area contributed by atoms with E-state index in [1.54, 1.807) is 30.3 Å². The van der Waals surface area contributed by atoms with Gasteiger partial charge >= 0.3 is 12.5 Å². The van der Waals surface area contributed by atoms with Gasteiger partial charge in [0.25, 0.3) is 7.28 Å². The molecule has 2 radical (unpaired) electrons. The predicted molar refractivity (Wildman–Crippen MR) is 152 cm³/mol. The quantitative estimate of drug-likeness (QED) is 0.0849. The van der Waals surface area contributed by atoms with Crippen LogP contribution in [0.1, 0.15) is 12.8 Å². The minimum Gasteiger partial charge on any atom is -0.480 e. The Kier molecular flexibility index (Phi) is 11.8. The van der Waals surface area contributed by atoms with Gasteiger partial charge in [-0.05, 0) is 25.0 Å². The van der Waals surface area contributed by atoms with E-state index in [0.717, 1.165) is 18.1 Å². The summed E-state index contributed by atoms with van der Waals surface area (Å²) in [6.45, 7) is 7.88. The maximum Gasteiger partial charge on any atom is 0.338 e. The van der Waals surface area contributed by atoms with Crippen LogP contribution in [0.25, 0.3) is 0 Å². The molecule has 1 fully saturated rings. The maximum atomic E-state index is 12.9. The number of carbonyl (C=O) groups excluding carboxylic acids is 2. The molecule has 1 heterocycles. The lowest BCUT2D eigenvalue weighted by molar-refractivity contribution is -0.142. The van der Waals surface area contributed by atoms with E-state index < -0.39 is 46.2 Å². The van der Waals surface area contributed by atoms with Crippen LogP contribution >= 0.6 is 0 Å². The molecule has 2 atom stereocenters. The summed E-state index contributed by atoms with van der Waals surface area (Å²) in [5, 5.41) is 14.3. The number of nitrogens with one attached hydrogen (secondary N) is 2. The van der Waals surface area contributed by atoms with Crippen molar-refractivity contribution < 1.29 is 27.9 Å². The minimum absolute atomic E-state index is 0.117. The molecule has 12 nitrogen and oxygen atoms in total. The fourth-order valence-corrected chi connectivity index (χ4v) is 5.26. The van der Waals surface area contributed by atoms with Crippen LogP contribution in [0.2, 0.25) is 0 Å². The SMILES string of the molecule is C=C/C=C([B]C(=O)NCC(NC(=O)C1CCCN1S(=O)(=O)[B]c1ccccc1)C(=O)O)\C=C(/C=C)N=C(N)N. The molecule has 2 rings (SSSR count). The van der Waals surface area contributed by atoms with E-state index in [1.165, 1.54) is 24.3 Å². The molecule has 1 saturated heterocycles. The largest absolute Gasteiger partial charge is 0.480 e. The molecule has 1 aromatic carbocycles. The second-order valence-corrected chi connectivity index (χ2v) is 10.1. The van der Waals surface area contributed by atoms with Crippen LogP contribution in [0.5, 0.6) is 0 Å². The van der Waals surface area contributed by atoms with Crippen molar-refractivity contribution in [2.45, 2.75) is 24.9 Å². The smallest absolute Gasteiger partial charge is 0.338 e. The number of carboxylic acids is 1. The van der Waals surface area contributed by atoms with E-state index in [1.807, 2.05) is 0 Å². The fraction of sp³-hybridized carbons (Fsp3) is 0.250. The van der Waals surface area contributed by atoms with Crippen LogP contribution in [-0.2, 0) is 19.5 Å². The van der Waals surface area contributed by atoms with Crippen LogP contribution in [0.3, 0.4) is 0 Å². The second kappa shape index (κ2) is 14.7. The zero-order valence-corrected chi connectivity index (χ0v) is 22.0. The number of aliphatic imine (C=N–C) groups is 1. The summed E-state index contributed by atoms with van der Waals surface area (Å²) >= 11 is 0. The van der Waals surface area contributed by atoms with E-state index in [4.69, 9.17) is 11.5 Å². The summed E-state index contributed by atoms with van der Waals surface area (Å²) in [5.41, 5.74) is 11.8. The van der Waals surface area contributed by atoms with Gasteiger partial charge in [0.15, 0.2) is 21.6 Å². The third-order valence-corrected chi connectivity index (χ3v) is 7.06. The topological polar surface area (TPSA) is 197 Å². The molecule has 7 N–H and O–H groups in total. The van der Waals surface area contributed by atoms with Gasteiger partial charge < -0.3 is 27.2 Å². The lowest BCUT2D eigenvalue weighted by atomic mass is 9.68. The van der Waals surface area contributed by atoms with Gasteiger partial charge in [-0.2, -0.15) is 4.31 Å². The first kappa shape index (κ1) is 31.1. The second-order valence-electron chi connectivity index (χ2n) is 8.34. The number of allylic oxidation sites excluding steroid dienone is 5. The molecule has 2 unspecified atom stereocenters. The van der Waals surface area contributed by atoms with Crippen LogP contribution in [-0.4, -0.2) is 80.5 Å². The van der Waals surface area contributed by atoms with Crippen LogP contribution < -0.4 is 27.6 Å². The molecule has 0 saturated carbocycles. The highest BCUT2D eigenvalue weighted by Gasteiger charge is 2.40. The zero-order chi connectivity index (χ0) is 29.0. The number of aliphatic carboxylic acids is 1. The predicted octanol–water partition coefficient (Wildman–Crippen LogP) is -0.878. The number of hydrogen-bond donors (Lipinski definition) is 5. The molecule has 2 amide bonds. The summed E-state index contributed by atoms with van der Waals surface area (Å²) in [7, 11) is -2.80. The molecular formula is C24H30B2N6O6S. The molecule has 39 heavy (non-hydrogen) atoms. The lowest BCUT2D eigenvalue weighted by Gasteiger charge is -2.25. The van der Waals surface area contributed by atoms with Crippen LogP contribution in [0, 0.1) is 0 Å². The van der Waals surface area contributed by atoms with Crippen molar-refractivity contribution >= 4 is 52.8 Å². The standard InChI is InChI=1S/C24H30B2N6O6S/c1-3-9-17(14-18(4-2)30-24(27)28)25-23(36)29-15-19(22(34)35)31-21(33)20-12-8-13-32(20)39(37,38)26-16-10-6-5-7-11-16/h3-7,9-11,14,19-20H,1-2,8,12-13,15H2,(H,29,36)(H,31,33)(H,34,35)(H4,27,28,30)/b17-9+,18-14+. The zero-order valence-electron chi connectivity index (χ0n) is 21.2. The molecule has 1 aromatic rings. The van der Waals surface area contributed by atoms with Gasteiger partial charge in [0.1, 0.15) is 12.1 Å². The minimum atomic E-state index is -3.95. The summed E-state index contributed by atoms with van der Waals surface area (Å²) < 4.78 is 26.9. The van der Waals surface area contributed by atoms with Crippen molar-refractivity contribution in [3.05, 3.63) is 79.0 Å². The molecule has 0 bridgehead atoms. The molecule has 0 aliphatic carbocycles. The Morgan fingerprint density at radius 3 is 2.51 bits per heavy atom. The number of hydrogen-bond acceptors (Lipinski definition) is 6. The van der Waals surface area contributed by atoms with E-state index >= 15 is 0 Å². The number of nitrogens with zero attached hydrogens (tertiary/aromatic N) is 2. The van der Waals surface area contributed by atoms with Crippen molar-refractivity contribution in [1.82, 2.24) is 14.9 Å². The Labute approximate surface area is 229 Å². The van der Waals surface area contributed by atoms with Gasteiger partial charge in [-0.3, -0.25) is 9.59 Å². The Morgan fingerprint density at radius 2 is 1.92 bits per heavy atom. The molecule has 1 aliphatic heterocycles. The number of carbonyl (C=O) groups is 3. The van der Waals surface area contributed by atoms with Crippen molar-refractivity contribution in [3.8, 4) is 0 Å². The number of rotatable bonds is 14. The first-order valence-electron chi connectivity index (χ1n) is 11.8. The Morgan fingerprint density at radius 1 is 1.23 bits per heavy atom. The van der Waals surface area contributed by atoms with E-state index in [-0.39, 0.29) is 24.6 Å². The average Bonchev–Trinajstić information content (AvgIpc) is 3.37. The van der Waals surface area contributed by atoms with Crippen LogP contribution in [0.15, 0.2) is 84.0 Å². The Balaban J connectivity index is 2.04. The van der Waals surface area contributed by atoms with Gasteiger partial charge in [0, 0.05) is 13.1 Å². The highest BCUT2D eigenvalue weighted by Crippen LogP contribution is 2.21. The van der Waals surface area contributed by atoms with Gasteiger partial charge in [-0.25, -0.2) is 18.2 Å². The number of benzene rings is 1. The van der Waals surface area contributed by atoms with E-state index in [9.17, 15) is 27.9 Å². The van der Waals surface area contributed by atoms with Gasteiger partial charge in [0.2, 0.25) is 5.91 Å². The number of carboxylic acid groups (broad SMARTS) is 1. The first-order chi connectivity index (χ1) is 18.5. The van der Waals surface area contributed by atoms with Crippen LogP contribution in [0.4, 0.5) is 4.79 Å². The van der Waals surface area contributed by atoms with E-state index in [2.05, 4.69) is 28.8 Å². The molecule has 0 spiro atoms. The highest BCUT2D eigenvalue weighted by molar-refractivity contribution is 8.14. The molecular weight excluding hydrogens is 522 g/mol. The van der Waals surface area contributed by atoms with Gasteiger partial charge in [-0.1, -0.05) is 66.6 Å². The fourth-order valence-electron chi connectivity index (χ4n) is 3.68. The maximum absolute atomic E-state index is 12.9. The van der Waals surface area contributed by atoms with Crippen molar-refractivity contribution in [2.75, 3.05) is 13.1 Å². The Bertz CT molecular complexity index is 1280. The van der Waals surface area contributed by atoms with Crippen molar-refractivity contribution in [2.24, 2.45) is 16.5 Å². The molecule has 204 valence electrons. The van der Waals surface area contributed by atoms with Crippen molar-refractivity contribution in [1.29, 1.82) is 0 Å². The first-order valence-corrected chi connectivity index (χ1v) is 13.3. The monoisotopic (exact) mass is 552 g/mol. The van der Waals surface area contributed by atoms with Gasteiger partial charge in [-0.15, -0.1) is 0 Å². The molecule has 15 heteroatoms. The summed E-state index contributed by atoms with van der Waals surface area (Å²) in [5.74, 6) is -3.06. The third-order valence-electron chi connectivity index (χ3n) is 5.40. The number of amides is 2. The van der Waals surface area contributed by atoms with Gasteiger partial charge in [0.05, 0.1) is 5.70 Å². The summed E-state index contributed by atoms with van der Waals surface area (Å²) in [4.78, 5) is 41.1. The average molecular weight is 552 g/mol.